The van der Waals surface area contributed by atoms with Crippen molar-refractivity contribution < 1.29 is 24.2 Å². The quantitative estimate of drug-likeness (QED) is 0.0651. The summed E-state index contributed by atoms with van der Waals surface area (Å²) >= 11 is 6.79. The first kappa shape index (κ1) is 39.9. The van der Waals surface area contributed by atoms with Crippen molar-refractivity contribution in [3.05, 3.63) is 135 Å². The summed E-state index contributed by atoms with van der Waals surface area (Å²) in [6.07, 6.45) is 5.22. The van der Waals surface area contributed by atoms with E-state index in [0.29, 0.717) is 48.0 Å². The molecule has 1 unspecified atom stereocenters. The fourth-order valence-electron chi connectivity index (χ4n) is 6.89. The van der Waals surface area contributed by atoms with Crippen LogP contribution >= 0.6 is 11.6 Å². The van der Waals surface area contributed by atoms with E-state index in [-0.39, 0.29) is 31.6 Å². The number of halogens is 1. The van der Waals surface area contributed by atoms with Crippen molar-refractivity contribution in [3.8, 4) is 39.8 Å². The van der Waals surface area contributed by atoms with Gasteiger partial charge in [0.1, 0.15) is 30.8 Å². The number of hydrogen-bond donors (Lipinski definition) is 4. The number of nitrogens with zero attached hydrogens (tertiary/aromatic N) is 2. The molecule has 2 heterocycles. The number of nitrogens with one attached hydrogen (secondary N) is 3. The van der Waals surface area contributed by atoms with Gasteiger partial charge in [-0.3, -0.25) is 14.6 Å². The Labute approximate surface area is 332 Å². The Hall–Kier alpha value is -5.73. The second-order valence-corrected chi connectivity index (χ2v) is 14.4. The third-order valence-electron chi connectivity index (χ3n) is 10.0. The molecule has 1 amide bonds. The van der Waals surface area contributed by atoms with Crippen molar-refractivity contribution in [1.82, 2.24) is 20.9 Å². The molecule has 11 heteroatoms. The molecule has 4 aromatic carbocycles. The highest BCUT2D eigenvalue weighted by molar-refractivity contribution is 6.32. The molecule has 10 nitrogen and oxygen atoms in total. The molecule has 1 saturated heterocycles. The Balaban J connectivity index is 1.15. The molecular weight excluding hydrogens is 726 g/mol. The topological polar surface area (TPSA) is 146 Å². The summed E-state index contributed by atoms with van der Waals surface area (Å²) in [6, 6.07) is 28.9. The van der Waals surface area contributed by atoms with Crippen molar-refractivity contribution in [3.63, 3.8) is 0 Å². The van der Waals surface area contributed by atoms with E-state index in [1.165, 1.54) is 22.9 Å². The normalized spacial score (nSPS) is 13.6. The van der Waals surface area contributed by atoms with E-state index < -0.39 is 5.97 Å². The van der Waals surface area contributed by atoms with E-state index in [1.54, 1.807) is 24.4 Å². The predicted molar refractivity (Wildman–Crippen MR) is 217 cm³/mol. The first-order valence-electron chi connectivity index (χ1n) is 18.8. The number of aliphatic carboxylic acids is 1. The molecule has 0 bridgehead atoms. The molecular formula is C45H46ClN5O5. The third kappa shape index (κ3) is 10.5. The van der Waals surface area contributed by atoms with Gasteiger partial charge < -0.3 is 30.5 Å². The molecule has 288 valence electrons. The van der Waals surface area contributed by atoms with E-state index >= 15 is 0 Å². The summed E-state index contributed by atoms with van der Waals surface area (Å²) in [5.41, 5.74) is 11.1. The number of aromatic nitrogens is 1. The van der Waals surface area contributed by atoms with Crippen LogP contribution in [0, 0.1) is 25.2 Å². The average Bonchev–Trinajstić information content (AvgIpc) is 3.62. The highest BCUT2D eigenvalue weighted by Gasteiger charge is 2.20. The van der Waals surface area contributed by atoms with Gasteiger partial charge >= 0.3 is 5.97 Å². The zero-order valence-electron chi connectivity index (χ0n) is 31.7. The van der Waals surface area contributed by atoms with Crippen LogP contribution in [0.25, 0.3) is 22.3 Å². The molecule has 5 aromatic rings. The molecule has 0 radical (unpaired) electrons. The maximum Gasteiger partial charge on any atom is 0.303 e. The van der Waals surface area contributed by atoms with Gasteiger partial charge in [0.15, 0.2) is 0 Å². The summed E-state index contributed by atoms with van der Waals surface area (Å²) in [5, 5.41) is 28.5. The van der Waals surface area contributed by atoms with Gasteiger partial charge in [0.2, 0.25) is 5.91 Å². The van der Waals surface area contributed by atoms with Crippen LogP contribution in [0.3, 0.4) is 0 Å². The smallest absolute Gasteiger partial charge is 0.303 e. The Morgan fingerprint density at radius 2 is 1.64 bits per heavy atom. The lowest BCUT2D eigenvalue weighted by atomic mass is 9.89. The number of benzene rings is 4. The Bertz CT molecular complexity index is 2220. The number of hydrogen-bond acceptors (Lipinski definition) is 8. The van der Waals surface area contributed by atoms with Crippen LogP contribution in [0.2, 0.25) is 5.02 Å². The fourth-order valence-corrected chi connectivity index (χ4v) is 7.13. The number of ether oxygens (including phenoxy) is 2. The van der Waals surface area contributed by atoms with Gasteiger partial charge in [-0.1, -0.05) is 72.3 Å². The van der Waals surface area contributed by atoms with Crippen molar-refractivity contribution in [2.24, 2.45) is 0 Å². The average molecular weight is 772 g/mol. The molecule has 0 aliphatic carbocycles. The fraction of sp³-hybridized carbons (Fsp3) is 0.289. The van der Waals surface area contributed by atoms with Crippen LogP contribution in [0.5, 0.6) is 11.5 Å². The van der Waals surface area contributed by atoms with Crippen molar-refractivity contribution in [2.45, 2.75) is 71.9 Å². The number of nitriles is 1. The molecule has 0 saturated carbocycles. The Morgan fingerprint density at radius 1 is 0.893 bits per heavy atom. The SMILES string of the molecule is Cc1c(COc2cc(OCc3cncc(C#N)c3)c(CNCCCC(=O)O)cc2Cl)cccc1-c1cccc(-c2ccc(CNCC3CCC(=O)N3)cc2)c1C. The van der Waals surface area contributed by atoms with E-state index in [2.05, 4.69) is 95.4 Å². The predicted octanol–water partition coefficient (Wildman–Crippen LogP) is 8.04. The summed E-state index contributed by atoms with van der Waals surface area (Å²) in [7, 11) is 0. The van der Waals surface area contributed by atoms with Crippen molar-refractivity contribution >= 4 is 23.5 Å². The summed E-state index contributed by atoms with van der Waals surface area (Å²) in [6.45, 7) is 7.16. The highest BCUT2D eigenvalue weighted by atomic mass is 35.5. The third-order valence-corrected chi connectivity index (χ3v) is 10.3. The molecule has 6 rings (SSSR count). The van der Waals surface area contributed by atoms with Crippen molar-refractivity contribution in [2.75, 3.05) is 13.1 Å². The number of carboxylic acids is 1. The zero-order valence-corrected chi connectivity index (χ0v) is 32.4. The van der Waals surface area contributed by atoms with Crippen LogP contribution < -0.4 is 25.4 Å². The summed E-state index contributed by atoms with van der Waals surface area (Å²) < 4.78 is 12.6. The Morgan fingerprint density at radius 3 is 2.39 bits per heavy atom. The zero-order chi connectivity index (χ0) is 39.4. The number of rotatable bonds is 18. The van der Waals surface area contributed by atoms with Crippen molar-refractivity contribution in [1.29, 1.82) is 5.26 Å². The lowest BCUT2D eigenvalue weighted by molar-refractivity contribution is -0.137. The van der Waals surface area contributed by atoms with E-state index in [0.717, 1.165) is 58.5 Å². The van der Waals surface area contributed by atoms with Crippen LogP contribution in [0.1, 0.15) is 64.6 Å². The number of carboxylic acid groups (broad SMARTS) is 1. The van der Waals surface area contributed by atoms with E-state index in [9.17, 15) is 14.9 Å². The van der Waals surface area contributed by atoms with Gasteiger partial charge in [-0.25, -0.2) is 0 Å². The van der Waals surface area contributed by atoms with E-state index in [4.69, 9.17) is 26.2 Å². The molecule has 4 N–H and O–H groups in total. The minimum Gasteiger partial charge on any atom is -0.488 e. The molecule has 1 aliphatic rings. The summed E-state index contributed by atoms with van der Waals surface area (Å²) in [4.78, 5) is 26.6. The van der Waals surface area contributed by atoms with Gasteiger partial charge in [0.25, 0.3) is 0 Å². The summed E-state index contributed by atoms with van der Waals surface area (Å²) in [5.74, 6) is 0.318. The second-order valence-electron chi connectivity index (χ2n) is 14.0. The van der Waals surface area contributed by atoms with Crippen LogP contribution in [0.15, 0.2) is 91.3 Å². The second kappa shape index (κ2) is 19.2. The van der Waals surface area contributed by atoms with Gasteiger partial charge in [0, 0.05) is 68.1 Å². The maximum atomic E-state index is 11.5. The first-order chi connectivity index (χ1) is 27.2. The molecule has 1 aromatic heterocycles. The monoisotopic (exact) mass is 771 g/mol. The first-order valence-corrected chi connectivity index (χ1v) is 19.2. The number of carbonyl (C=O) groups is 2. The van der Waals surface area contributed by atoms with Crippen LogP contribution in [-0.2, 0) is 35.9 Å². The molecule has 0 spiro atoms. The maximum absolute atomic E-state index is 11.5. The van der Waals surface area contributed by atoms with Crippen LogP contribution in [0.4, 0.5) is 0 Å². The Kier molecular flexibility index (Phi) is 13.7. The van der Waals surface area contributed by atoms with E-state index in [1.807, 2.05) is 6.07 Å². The standard InChI is InChI=1S/C45H46ClN5O5/c1-29-35(28-56-43-20-42(55-27-33-18-32(21-47)23-49-24-33)36(19-41(43)46)25-48-17-5-10-45(53)54)6-3-8-39(29)40-9-4-7-38(30(40)2)34-13-11-31(12-14-34)22-50-26-37-15-16-44(52)51-37/h3-4,6-9,11-14,18-20,23-24,37,48,50H,5,10,15-17,22,25-28H2,1-2H3,(H,51,52)(H,53,54). The lowest BCUT2D eigenvalue weighted by Crippen LogP contribution is -2.35. The number of pyridine rings is 1. The van der Waals surface area contributed by atoms with Gasteiger partial charge in [0.05, 0.1) is 10.6 Å². The number of amides is 1. The number of carbonyl (C=O) groups excluding carboxylic acids is 1. The van der Waals surface area contributed by atoms with Gasteiger partial charge in [-0.15, -0.1) is 0 Å². The van der Waals surface area contributed by atoms with Crippen LogP contribution in [-0.4, -0.2) is 41.1 Å². The molecule has 1 atom stereocenters. The molecule has 1 aliphatic heterocycles. The van der Waals surface area contributed by atoms with Gasteiger partial charge in [-0.05, 0) is 89.9 Å². The largest absolute Gasteiger partial charge is 0.488 e. The minimum atomic E-state index is -0.835. The minimum absolute atomic E-state index is 0.0785. The lowest BCUT2D eigenvalue weighted by Gasteiger charge is -2.18. The molecule has 1 fully saturated rings. The van der Waals surface area contributed by atoms with Gasteiger partial charge in [-0.2, -0.15) is 5.26 Å². The molecule has 56 heavy (non-hydrogen) atoms. The highest BCUT2D eigenvalue weighted by Crippen LogP contribution is 2.37.